The van der Waals surface area contributed by atoms with Crippen LogP contribution in [0.2, 0.25) is 10.0 Å². The molecular formula is C18H17Cl2N5OS. The third-order valence-electron chi connectivity index (χ3n) is 4.66. The van der Waals surface area contributed by atoms with Crippen LogP contribution >= 0.6 is 34.5 Å². The quantitative estimate of drug-likeness (QED) is 0.625. The van der Waals surface area contributed by atoms with Gasteiger partial charge in [0.05, 0.1) is 23.8 Å². The van der Waals surface area contributed by atoms with E-state index in [-0.39, 0.29) is 11.9 Å². The summed E-state index contributed by atoms with van der Waals surface area (Å²) in [6.07, 6.45) is 7.31. The lowest BCUT2D eigenvalue weighted by Gasteiger charge is -2.23. The highest BCUT2D eigenvalue weighted by molar-refractivity contribution is 7.13. The number of halogens is 2. The average molecular weight is 422 g/mol. The SMILES string of the molecule is O=C(c1cnc(Cc2c(Cl)cccc2Cl)s1)N1CCCC1Cn1cncn1. The van der Waals surface area contributed by atoms with E-state index in [0.717, 1.165) is 30.0 Å². The first-order chi connectivity index (χ1) is 13.1. The van der Waals surface area contributed by atoms with E-state index >= 15 is 0 Å². The fraction of sp³-hybridized carbons (Fsp3) is 0.333. The molecule has 1 saturated heterocycles. The zero-order valence-corrected chi connectivity index (χ0v) is 16.7. The number of nitrogens with zero attached hydrogens (tertiary/aromatic N) is 5. The van der Waals surface area contributed by atoms with Crippen molar-refractivity contribution in [1.82, 2.24) is 24.6 Å². The fourth-order valence-electron chi connectivity index (χ4n) is 3.32. The Morgan fingerprint density at radius 3 is 2.85 bits per heavy atom. The number of hydrogen-bond acceptors (Lipinski definition) is 5. The first kappa shape index (κ1) is 18.4. The van der Waals surface area contributed by atoms with E-state index in [1.807, 2.05) is 11.0 Å². The van der Waals surface area contributed by atoms with Gasteiger partial charge in [-0.2, -0.15) is 5.10 Å². The minimum Gasteiger partial charge on any atom is -0.333 e. The number of hydrogen-bond donors (Lipinski definition) is 0. The molecule has 0 bridgehead atoms. The molecule has 1 aliphatic heterocycles. The van der Waals surface area contributed by atoms with Crippen molar-refractivity contribution in [3.05, 3.63) is 62.5 Å². The van der Waals surface area contributed by atoms with Gasteiger partial charge in [-0.05, 0) is 30.5 Å². The van der Waals surface area contributed by atoms with Crippen LogP contribution in [0.15, 0.2) is 37.1 Å². The molecule has 1 fully saturated rings. The van der Waals surface area contributed by atoms with Crippen molar-refractivity contribution in [2.24, 2.45) is 0 Å². The van der Waals surface area contributed by atoms with E-state index in [1.54, 1.807) is 29.3 Å². The van der Waals surface area contributed by atoms with Crippen LogP contribution in [0.25, 0.3) is 0 Å². The van der Waals surface area contributed by atoms with Crippen molar-refractivity contribution in [3.8, 4) is 0 Å². The highest BCUT2D eigenvalue weighted by Gasteiger charge is 2.31. The van der Waals surface area contributed by atoms with Gasteiger partial charge >= 0.3 is 0 Å². The molecule has 9 heteroatoms. The molecule has 27 heavy (non-hydrogen) atoms. The van der Waals surface area contributed by atoms with Gasteiger partial charge in [0.15, 0.2) is 0 Å². The first-order valence-electron chi connectivity index (χ1n) is 8.63. The van der Waals surface area contributed by atoms with Crippen molar-refractivity contribution in [2.45, 2.75) is 31.8 Å². The summed E-state index contributed by atoms with van der Waals surface area (Å²) in [6, 6.07) is 5.55. The van der Waals surface area contributed by atoms with Crippen LogP contribution in [0.1, 0.15) is 33.1 Å². The molecule has 3 heterocycles. The van der Waals surface area contributed by atoms with E-state index in [2.05, 4.69) is 15.1 Å². The third-order valence-corrected chi connectivity index (χ3v) is 6.35. The van der Waals surface area contributed by atoms with Gasteiger partial charge in [0.1, 0.15) is 17.5 Å². The molecule has 1 unspecified atom stereocenters. The Morgan fingerprint density at radius 2 is 2.11 bits per heavy atom. The number of amides is 1. The molecule has 0 saturated carbocycles. The molecule has 6 nitrogen and oxygen atoms in total. The number of carbonyl (C=O) groups excluding carboxylic acids is 1. The predicted molar refractivity (Wildman–Crippen MR) is 105 cm³/mol. The monoisotopic (exact) mass is 421 g/mol. The first-order valence-corrected chi connectivity index (χ1v) is 10.2. The van der Waals surface area contributed by atoms with Crippen molar-refractivity contribution in [3.63, 3.8) is 0 Å². The van der Waals surface area contributed by atoms with Crippen LogP contribution in [-0.2, 0) is 13.0 Å². The summed E-state index contributed by atoms with van der Waals surface area (Å²) in [5.74, 6) is 0.0200. The fourth-order valence-corrected chi connectivity index (χ4v) is 4.74. The standard InChI is InChI=1S/C18H17Cl2N5OS/c19-14-4-1-5-15(20)13(14)7-17-22-8-16(27-17)18(26)25-6-2-3-12(25)9-24-11-21-10-23-24/h1,4-5,8,10-12H,2-3,6-7,9H2. The highest BCUT2D eigenvalue weighted by atomic mass is 35.5. The Kier molecular flexibility index (Phi) is 5.43. The Hall–Kier alpha value is -1.96. The topological polar surface area (TPSA) is 63.9 Å². The molecule has 2 aromatic heterocycles. The summed E-state index contributed by atoms with van der Waals surface area (Å²) in [6.45, 7) is 1.41. The van der Waals surface area contributed by atoms with Crippen LogP contribution in [0.3, 0.4) is 0 Å². The Balaban J connectivity index is 1.48. The molecule has 1 aromatic carbocycles. The lowest BCUT2D eigenvalue weighted by molar-refractivity contribution is 0.0726. The van der Waals surface area contributed by atoms with E-state index in [4.69, 9.17) is 23.2 Å². The maximum absolute atomic E-state index is 13.0. The van der Waals surface area contributed by atoms with Gasteiger partial charge in [0.2, 0.25) is 0 Å². The van der Waals surface area contributed by atoms with Gasteiger partial charge in [-0.25, -0.2) is 9.97 Å². The van der Waals surface area contributed by atoms with Crippen LogP contribution in [0, 0.1) is 0 Å². The largest absolute Gasteiger partial charge is 0.333 e. The van der Waals surface area contributed by atoms with Crippen molar-refractivity contribution < 1.29 is 4.79 Å². The minimum absolute atomic E-state index is 0.0200. The van der Waals surface area contributed by atoms with E-state index < -0.39 is 0 Å². The Labute approximate surface area is 170 Å². The molecule has 1 aliphatic rings. The van der Waals surface area contributed by atoms with Gasteiger partial charge < -0.3 is 4.90 Å². The van der Waals surface area contributed by atoms with Crippen LogP contribution in [-0.4, -0.2) is 43.1 Å². The van der Waals surface area contributed by atoms with Crippen molar-refractivity contribution >= 4 is 40.4 Å². The number of benzene rings is 1. The summed E-state index contributed by atoms with van der Waals surface area (Å²) < 4.78 is 1.77. The van der Waals surface area contributed by atoms with E-state index in [9.17, 15) is 4.79 Å². The number of carbonyl (C=O) groups is 1. The maximum atomic E-state index is 13.0. The van der Waals surface area contributed by atoms with Crippen LogP contribution < -0.4 is 0 Å². The second-order valence-electron chi connectivity index (χ2n) is 6.41. The molecule has 1 amide bonds. The summed E-state index contributed by atoms with van der Waals surface area (Å²) in [5, 5.41) is 6.18. The van der Waals surface area contributed by atoms with Gasteiger partial charge in [-0.15, -0.1) is 11.3 Å². The van der Waals surface area contributed by atoms with Gasteiger partial charge in [0.25, 0.3) is 5.91 Å². The zero-order valence-electron chi connectivity index (χ0n) is 14.4. The number of aromatic nitrogens is 4. The van der Waals surface area contributed by atoms with Crippen LogP contribution in [0.4, 0.5) is 0 Å². The lowest BCUT2D eigenvalue weighted by atomic mass is 10.1. The molecule has 1 atom stereocenters. The lowest BCUT2D eigenvalue weighted by Crippen LogP contribution is -2.37. The number of thiazole rings is 1. The molecule has 0 radical (unpaired) electrons. The smallest absolute Gasteiger partial charge is 0.265 e. The minimum atomic E-state index is 0.0200. The number of rotatable bonds is 5. The zero-order chi connectivity index (χ0) is 18.8. The summed E-state index contributed by atoms with van der Waals surface area (Å²) in [5.41, 5.74) is 0.833. The van der Waals surface area contributed by atoms with Gasteiger partial charge in [0, 0.05) is 23.0 Å². The van der Waals surface area contributed by atoms with E-state index in [1.165, 1.54) is 17.7 Å². The summed E-state index contributed by atoms with van der Waals surface area (Å²) >= 11 is 13.9. The van der Waals surface area contributed by atoms with E-state index in [0.29, 0.717) is 27.9 Å². The van der Waals surface area contributed by atoms with Crippen molar-refractivity contribution in [1.29, 1.82) is 0 Å². The van der Waals surface area contributed by atoms with Gasteiger partial charge in [-0.1, -0.05) is 29.3 Å². The molecule has 4 rings (SSSR count). The molecule has 0 spiro atoms. The molecular weight excluding hydrogens is 405 g/mol. The van der Waals surface area contributed by atoms with Gasteiger partial charge in [-0.3, -0.25) is 9.48 Å². The average Bonchev–Trinajstić information content (AvgIpc) is 3.40. The summed E-state index contributed by atoms with van der Waals surface area (Å²) in [4.78, 5) is 23.9. The second-order valence-corrected chi connectivity index (χ2v) is 8.34. The Morgan fingerprint density at radius 1 is 1.30 bits per heavy atom. The van der Waals surface area contributed by atoms with Crippen molar-refractivity contribution in [2.75, 3.05) is 6.54 Å². The molecule has 3 aromatic rings. The molecule has 140 valence electrons. The maximum Gasteiger partial charge on any atom is 0.265 e. The molecule has 0 aliphatic carbocycles. The van der Waals surface area contributed by atoms with Crippen LogP contribution in [0.5, 0.6) is 0 Å². The molecule has 0 N–H and O–H groups in total. The predicted octanol–water partition coefficient (Wildman–Crippen LogP) is 3.94. The third kappa shape index (κ3) is 4.00. The summed E-state index contributed by atoms with van der Waals surface area (Å²) in [7, 11) is 0. The Bertz CT molecular complexity index is 923. The second kappa shape index (κ2) is 7.96. The highest BCUT2D eigenvalue weighted by Crippen LogP contribution is 2.29. The normalized spacial score (nSPS) is 16.8. The number of likely N-dealkylation sites (tertiary alicyclic amines) is 1.